The van der Waals surface area contributed by atoms with Crippen molar-refractivity contribution in [3.63, 3.8) is 0 Å². The first kappa shape index (κ1) is 12.7. The molecule has 1 N–H and O–H groups in total. The summed E-state index contributed by atoms with van der Waals surface area (Å²) in [6, 6.07) is 3.82. The molecule has 0 unspecified atom stereocenters. The molecule has 0 amide bonds. The summed E-state index contributed by atoms with van der Waals surface area (Å²) in [5.41, 5.74) is 0.0163. The van der Waals surface area contributed by atoms with Crippen LogP contribution in [0.3, 0.4) is 0 Å². The lowest BCUT2D eigenvalue weighted by atomic mass is 9.90. The van der Waals surface area contributed by atoms with Gasteiger partial charge in [-0.2, -0.15) is 13.2 Å². The highest BCUT2D eigenvalue weighted by molar-refractivity contribution is 6.30. The first-order valence-electron chi connectivity index (χ1n) is 5.55. The maximum Gasteiger partial charge on any atom is 0.416 e. The second-order valence-corrected chi connectivity index (χ2v) is 4.75. The van der Waals surface area contributed by atoms with Gasteiger partial charge in [-0.15, -0.1) is 0 Å². The van der Waals surface area contributed by atoms with Crippen LogP contribution >= 0.6 is 11.6 Å². The smallest absolute Gasteiger partial charge is 0.316 e. The van der Waals surface area contributed by atoms with E-state index < -0.39 is 11.7 Å². The first-order chi connectivity index (χ1) is 7.97. The van der Waals surface area contributed by atoms with Crippen molar-refractivity contribution in [2.45, 2.75) is 24.9 Å². The Kier molecular flexibility index (Phi) is 3.64. The van der Waals surface area contributed by atoms with Crippen LogP contribution in [-0.2, 0) is 6.18 Å². The fourth-order valence-corrected chi connectivity index (χ4v) is 2.39. The van der Waals surface area contributed by atoms with Crippen molar-refractivity contribution in [2.24, 2.45) is 0 Å². The molecule has 5 heteroatoms. The average molecular weight is 264 g/mol. The zero-order valence-corrected chi connectivity index (χ0v) is 9.91. The summed E-state index contributed by atoms with van der Waals surface area (Å²) in [5, 5.41) is 3.34. The van der Waals surface area contributed by atoms with Gasteiger partial charge in [-0.3, -0.25) is 0 Å². The van der Waals surface area contributed by atoms with Gasteiger partial charge in [0.25, 0.3) is 0 Å². The first-order valence-corrected chi connectivity index (χ1v) is 5.93. The number of nitrogens with one attached hydrogen (secondary N) is 1. The van der Waals surface area contributed by atoms with Gasteiger partial charge in [-0.05, 0) is 49.1 Å². The Bertz CT molecular complexity index is 397. The van der Waals surface area contributed by atoms with E-state index in [4.69, 9.17) is 11.6 Å². The Morgan fingerprint density at radius 3 is 2.59 bits per heavy atom. The molecular weight excluding hydrogens is 251 g/mol. The normalized spacial score (nSPS) is 21.5. The van der Waals surface area contributed by atoms with Crippen LogP contribution in [0.25, 0.3) is 0 Å². The van der Waals surface area contributed by atoms with E-state index in [1.807, 2.05) is 0 Å². The quantitative estimate of drug-likeness (QED) is 0.812. The minimum Gasteiger partial charge on any atom is -0.316 e. The van der Waals surface area contributed by atoms with E-state index in [-0.39, 0.29) is 10.9 Å². The number of benzene rings is 1. The van der Waals surface area contributed by atoms with E-state index in [2.05, 4.69) is 5.32 Å². The van der Waals surface area contributed by atoms with Crippen LogP contribution in [0.15, 0.2) is 18.2 Å². The van der Waals surface area contributed by atoms with Crippen LogP contribution in [0, 0.1) is 0 Å². The van der Waals surface area contributed by atoms with Crippen LogP contribution in [-0.4, -0.2) is 13.1 Å². The number of halogens is 4. The molecule has 1 heterocycles. The number of piperidine rings is 1. The maximum absolute atomic E-state index is 12.6. The summed E-state index contributed by atoms with van der Waals surface area (Å²) in [7, 11) is 0. The molecule has 1 aromatic carbocycles. The molecule has 1 aromatic rings. The van der Waals surface area contributed by atoms with Crippen LogP contribution in [0.5, 0.6) is 0 Å². The fourth-order valence-electron chi connectivity index (χ4n) is 2.15. The Labute approximate surface area is 103 Å². The standard InChI is InChI=1S/C12H13ClF3N/c13-11-5-9(8-2-1-3-17-7-8)4-10(6-11)12(14,15)16/h4-6,8,17H,1-3,7H2/t8-/m1/s1. The Morgan fingerprint density at radius 1 is 1.24 bits per heavy atom. The summed E-state index contributed by atoms with van der Waals surface area (Å²) in [5.74, 6) is 0.128. The molecule has 0 spiro atoms. The van der Waals surface area contributed by atoms with Crippen LogP contribution in [0.2, 0.25) is 5.02 Å². The molecule has 0 aromatic heterocycles. The molecule has 17 heavy (non-hydrogen) atoms. The van der Waals surface area contributed by atoms with Gasteiger partial charge in [0.1, 0.15) is 0 Å². The summed E-state index contributed by atoms with van der Waals surface area (Å²) in [6.07, 6.45) is -2.44. The van der Waals surface area contributed by atoms with E-state index in [1.54, 1.807) is 6.07 Å². The number of rotatable bonds is 1. The van der Waals surface area contributed by atoms with Gasteiger partial charge in [-0.25, -0.2) is 0 Å². The van der Waals surface area contributed by atoms with Gasteiger partial charge in [0.15, 0.2) is 0 Å². The van der Waals surface area contributed by atoms with Gasteiger partial charge >= 0.3 is 6.18 Å². The zero-order valence-electron chi connectivity index (χ0n) is 9.15. The molecule has 0 aliphatic carbocycles. The average Bonchev–Trinajstić information content (AvgIpc) is 2.28. The molecule has 0 radical (unpaired) electrons. The molecule has 1 atom stereocenters. The monoisotopic (exact) mass is 263 g/mol. The Balaban J connectivity index is 2.31. The minimum absolute atomic E-state index is 0.128. The highest BCUT2D eigenvalue weighted by atomic mass is 35.5. The molecule has 1 saturated heterocycles. The van der Waals surface area contributed by atoms with Crippen LogP contribution in [0.1, 0.15) is 29.9 Å². The lowest BCUT2D eigenvalue weighted by molar-refractivity contribution is -0.137. The molecular formula is C12H13ClF3N. The largest absolute Gasteiger partial charge is 0.416 e. The molecule has 1 fully saturated rings. The van der Waals surface area contributed by atoms with Crippen molar-refractivity contribution in [1.29, 1.82) is 0 Å². The molecule has 1 nitrogen and oxygen atoms in total. The third kappa shape index (κ3) is 3.13. The summed E-state index contributed by atoms with van der Waals surface area (Å²) in [4.78, 5) is 0. The molecule has 2 rings (SSSR count). The van der Waals surface area contributed by atoms with Gasteiger partial charge < -0.3 is 5.32 Å². The molecule has 1 aliphatic heterocycles. The lowest BCUT2D eigenvalue weighted by Gasteiger charge is -2.24. The maximum atomic E-state index is 12.6. The van der Waals surface area contributed by atoms with Gasteiger partial charge in [0.2, 0.25) is 0 Å². The lowest BCUT2D eigenvalue weighted by Crippen LogP contribution is -2.28. The van der Waals surface area contributed by atoms with Crippen molar-refractivity contribution < 1.29 is 13.2 Å². The molecule has 1 aliphatic rings. The van der Waals surface area contributed by atoms with Crippen molar-refractivity contribution in [3.05, 3.63) is 34.3 Å². The van der Waals surface area contributed by atoms with Gasteiger partial charge in [0, 0.05) is 11.6 Å². The topological polar surface area (TPSA) is 12.0 Å². The fraction of sp³-hybridized carbons (Fsp3) is 0.500. The van der Waals surface area contributed by atoms with Gasteiger partial charge in [-0.1, -0.05) is 11.6 Å². The highest BCUT2D eigenvalue weighted by Crippen LogP contribution is 2.34. The number of hydrogen-bond donors (Lipinski definition) is 1. The second-order valence-electron chi connectivity index (χ2n) is 4.31. The molecule has 0 saturated carbocycles. The van der Waals surface area contributed by atoms with Crippen molar-refractivity contribution >= 4 is 11.6 Å². The highest BCUT2D eigenvalue weighted by Gasteiger charge is 2.31. The SMILES string of the molecule is FC(F)(F)c1cc(Cl)cc([C@@H]2CCCNC2)c1. The predicted molar refractivity (Wildman–Crippen MR) is 61.3 cm³/mol. The molecule has 0 bridgehead atoms. The number of alkyl halides is 3. The van der Waals surface area contributed by atoms with Crippen LogP contribution in [0.4, 0.5) is 13.2 Å². The summed E-state index contributed by atoms with van der Waals surface area (Å²) in [6.45, 7) is 1.65. The third-order valence-corrected chi connectivity index (χ3v) is 3.23. The third-order valence-electron chi connectivity index (χ3n) is 3.02. The Hall–Kier alpha value is -0.740. The summed E-state index contributed by atoms with van der Waals surface area (Å²) >= 11 is 5.75. The predicted octanol–water partition coefficient (Wildman–Crippen LogP) is 3.83. The van der Waals surface area contributed by atoms with E-state index in [0.29, 0.717) is 5.56 Å². The molecule has 94 valence electrons. The van der Waals surface area contributed by atoms with E-state index >= 15 is 0 Å². The van der Waals surface area contributed by atoms with Gasteiger partial charge in [0.05, 0.1) is 5.56 Å². The minimum atomic E-state index is -4.33. The van der Waals surface area contributed by atoms with Crippen molar-refractivity contribution in [2.75, 3.05) is 13.1 Å². The summed E-state index contributed by atoms with van der Waals surface area (Å²) < 4.78 is 37.9. The van der Waals surface area contributed by atoms with E-state index in [9.17, 15) is 13.2 Å². The second kappa shape index (κ2) is 4.86. The van der Waals surface area contributed by atoms with E-state index in [0.717, 1.165) is 32.0 Å². The van der Waals surface area contributed by atoms with Crippen LogP contribution < -0.4 is 5.32 Å². The van der Waals surface area contributed by atoms with E-state index in [1.165, 1.54) is 6.07 Å². The number of hydrogen-bond acceptors (Lipinski definition) is 1. The van der Waals surface area contributed by atoms with Crippen molar-refractivity contribution in [1.82, 2.24) is 5.32 Å². The van der Waals surface area contributed by atoms with Crippen molar-refractivity contribution in [3.8, 4) is 0 Å². The Morgan fingerprint density at radius 2 is 2.00 bits per heavy atom. The zero-order chi connectivity index (χ0) is 12.5.